The fourth-order valence-corrected chi connectivity index (χ4v) is 2.19. The van der Waals surface area contributed by atoms with Crippen molar-refractivity contribution in [2.75, 3.05) is 5.32 Å². The maximum atomic E-state index is 13.2. The first-order valence-electron chi connectivity index (χ1n) is 5.47. The Hall–Kier alpha value is -1.57. The molecule has 1 N–H and O–H groups in total. The van der Waals surface area contributed by atoms with Crippen LogP contribution in [0.15, 0.2) is 40.9 Å². The Labute approximate surface area is 123 Å². The van der Waals surface area contributed by atoms with Crippen molar-refractivity contribution in [3.8, 4) is 6.07 Å². The molecule has 2 aromatic rings. The highest BCUT2D eigenvalue weighted by molar-refractivity contribution is 9.10. The second kappa shape index (κ2) is 6.05. The van der Waals surface area contributed by atoms with E-state index >= 15 is 0 Å². The third-order valence-electron chi connectivity index (χ3n) is 2.58. The Morgan fingerprint density at radius 2 is 2.05 bits per heavy atom. The van der Waals surface area contributed by atoms with Gasteiger partial charge >= 0.3 is 0 Å². The van der Waals surface area contributed by atoms with Crippen molar-refractivity contribution < 1.29 is 4.39 Å². The zero-order chi connectivity index (χ0) is 13.8. The summed E-state index contributed by atoms with van der Waals surface area (Å²) in [5, 5.41) is 12.6. The van der Waals surface area contributed by atoms with Gasteiger partial charge in [-0.15, -0.1) is 0 Å². The summed E-state index contributed by atoms with van der Waals surface area (Å²) in [6.07, 6.45) is 0. The Kier molecular flexibility index (Phi) is 4.41. The number of nitriles is 1. The fraction of sp³-hybridized carbons (Fsp3) is 0.0714. The first kappa shape index (κ1) is 13.9. The van der Waals surface area contributed by atoms with Crippen LogP contribution >= 0.6 is 27.5 Å². The Balaban J connectivity index is 2.21. The summed E-state index contributed by atoms with van der Waals surface area (Å²) in [5.74, 6) is -0.299. The second-order valence-electron chi connectivity index (χ2n) is 3.89. The van der Waals surface area contributed by atoms with E-state index in [0.29, 0.717) is 22.8 Å². The number of halogens is 3. The summed E-state index contributed by atoms with van der Waals surface area (Å²) in [6.45, 7) is 0.396. The normalized spacial score (nSPS) is 10.0. The van der Waals surface area contributed by atoms with Crippen molar-refractivity contribution >= 4 is 33.2 Å². The lowest BCUT2D eigenvalue weighted by Gasteiger charge is -2.10. The van der Waals surface area contributed by atoms with Gasteiger partial charge in [0, 0.05) is 16.0 Å². The predicted molar refractivity (Wildman–Crippen MR) is 77.6 cm³/mol. The molecule has 0 saturated carbocycles. The molecular formula is C14H9BrClFN2. The van der Waals surface area contributed by atoms with Crippen molar-refractivity contribution in [3.05, 3.63) is 62.8 Å². The molecule has 0 fully saturated rings. The molecule has 0 aromatic heterocycles. The molecule has 2 rings (SSSR count). The second-order valence-corrected chi connectivity index (χ2v) is 5.18. The standard InChI is InChI=1S/C14H9BrClFN2/c15-13-4-3-12(17)5-10(13)8-19-14-6-11(16)2-1-9(14)7-18/h1-6,19H,8H2. The molecule has 0 spiro atoms. The molecule has 0 aliphatic rings. The van der Waals surface area contributed by atoms with Crippen molar-refractivity contribution in [1.29, 1.82) is 5.26 Å². The van der Waals surface area contributed by atoms with Crippen LogP contribution in [-0.2, 0) is 6.54 Å². The first-order valence-corrected chi connectivity index (χ1v) is 6.64. The number of rotatable bonds is 3. The zero-order valence-electron chi connectivity index (χ0n) is 9.75. The van der Waals surface area contributed by atoms with Gasteiger partial charge in [-0.2, -0.15) is 5.26 Å². The minimum Gasteiger partial charge on any atom is -0.380 e. The van der Waals surface area contributed by atoms with E-state index in [0.717, 1.165) is 10.0 Å². The molecule has 5 heteroatoms. The summed E-state index contributed by atoms with van der Waals surface area (Å²) < 4.78 is 14.0. The minimum absolute atomic E-state index is 0.299. The van der Waals surface area contributed by atoms with Crippen LogP contribution < -0.4 is 5.32 Å². The van der Waals surface area contributed by atoms with Gasteiger partial charge in [-0.3, -0.25) is 0 Å². The molecule has 0 saturated heterocycles. The SMILES string of the molecule is N#Cc1ccc(Cl)cc1NCc1cc(F)ccc1Br. The summed E-state index contributed by atoms with van der Waals surface area (Å²) in [7, 11) is 0. The lowest BCUT2D eigenvalue weighted by molar-refractivity contribution is 0.625. The maximum Gasteiger partial charge on any atom is 0.123 e. The summed E-state index contributed by atoms with van der Waals surface area (Å²) >= 11 is 9.25. The van der Waals surface area contributed by atoms with Crippen LogP contribution in [-0.4, -0.2) is 0 Å². The molecule has 0 atom stereocenters. The first-order chi connectivity index (χ1) is 9.10. The van der Waals surface area contributed by atoms with Crippen LogP contribution in [0.3, 0.4) is 0 Å². The number of anilines is 1. The Morgan fingerprint density at radius 3 is 2.79 bits per heavy atom. The quantitative estimate of drug-likeness (QED) is 0.878. The van der Waals surface area contributed by atoms with Gasteiger partial charge in [0.2, 0.25) is 0 Å². The number of hydrogen-bond acceptors (Lipinski definition) is 2. The molecule has 0 heterocycles. The molecule has 0 radical (unpaired) electrons. The van der Waals surface area contributed by atoms with Gasteiger partial charge in [0.1, 0.15) is 11.9 Å². The summed E-state index contributed by atoms with van der Waals surface area (Å²) in [6, 6.07) is 11.5. The molecule has 0 aliphatic carbocycles. The number of nitrogens with one attached hydrogen (secondary N) is 1. The Morgan fingerprint density at radius 1 is 1.26 bits per heavy atom. The van der Waals surface area contributed by atoms with Gasteiger partial charge in [-0.05, 0) is 42.0 Å². The van der Waals surface area contributed by atoms with Gasteiger partial charge in [0.15, 0.2) is 0 Å². The molecule has 0 bridgehead atoms. The van der Waals surface area contributed by atoms with Crippen molar-refractivity contribution in [2.45, 2.75) is 6.54 Å². The highest BCUT2D eigenvalue weighted by atomic mass is 79.9. The Bertz CT molecular complexity index is 652. The van der Waals surface area contributed by atoms with Crippen molar-refractivity contribution in [3.63, 3.8) is 0 Å². The van der Waals surface area contributed by atoms with Gasteiger partial charge < -0.3 is 5.32 Å². The third-order valence-corrected chi connectivity index (χ3v) is 3.59. The van der Waals surface area contributed by atoms with E-state index < -0.39 is 0 Å². The lowest BCUT2D eigenvalue weighted by Crippen LogP contribution is -2.02. The molecule has 2 aromatic carbocycles. The topological polar surface area (TPSA) is 35.8 Å². The minimum atomic E-state index is -0.299. The van der Waals surface area contributed by atoms with Gasteiger partial charge in [-0.1, -0.05) is 27.5 Å². The number of benzene rings is 2. The monoisotopic (exact) mass is 338 g/mol. The van der Waals surface area contributed by atoms with Crippen molar-refractivity contribution in [1.82, 2.24) is 0 Å². The van der Waals surface area contributed by atoms with Crippen LogP contribution in [0.2, 0.25) is 5.02 Å². The zero-order valence-corrected chi connectivity index (χ0v) is 12.1. The molecule has 96 valence electrons. The molecule has 0 amide bonds. The van der Waals surface area contributed by atoms with Gasteiger partial charge in [0.25, 0.3) is 0 Å². The van der Waals surface area contributed by atoms with E-state index in [2.05, 4.69) is 27.3 Å². The smallest absolute Gasteiger partial charge is 0.123 e. The van der Waals surface area contributed by atoms with Gasteiger partial charge in [0.05, 0.1) is 11.3 Å². The van der Waals surface area contributed by atoms with E-state index in [1.165, 1.54) is 12.1 Å². The third kappa shape index (κ3) is 3.46. The van der Waals surface area contributed by atoms with E-state index in [1.807, 2.05) is 0 Å². The van der Waals surface area contributed by atoms with Crippen molar-refractivity contribution in [2.24, 2.45) is 0 Å². The average molecular weight is 340 g/mol. The molecule has 2 nitrogen and oxygen atoms in total. The summed E-state index contributed by atoms with van der Waals surface area (Å²) in [4.78, 5) is 0. The van der Waals surface area contributed by atoms with Crippen LogP contribution in [0.5, 0.6) is 0 Å². The van der Waals surface area contributed by atoms with E-state index in [-0.39, 0.29) is 5.82 Å². The van der Waals surface area contributed by atoms with E-state index in [1.54, 1.807) is 24.3 Å². The summed E-state index contributed by atoms with van der Waals surface area (Å²) in [5.41, 5.74) is 1.90. The van der Waals surface area contributed by atoms with E-state index in [4.69, 9.17) is 16.9 Å². The van der Waals surface area contributed by atoms with Crippen LogP contribution in [0, 0.1) is 17.1 Å². The van der Waals surface area contributed by atoms with E-state index in [9.17, 15) is 4.39 Å². The highest BCUT2D eigenvalue weighted by Gasteiger charge is 2.05. The van der Waals surface area contributed by atoms with Crippen LogP contribution in [0.1, 0.15) is 11.1 Å². The van der Waals surface area contributed by atoms with Crippen LogP contribution in [0.25, 0.3) is 0 Å². The van der Waals surface area contributed by atoms with Crippen LogP contribution in [0.4, 0.5) is 10.1 Å². The average Bonchev–Trinajstić information content (AvgIpc) is 2.40. The molecule has 0 unspecified atom stereocenters. The maximum absolute atomic E-state index is 13.2. The number of hydrogen-bond donors (Lipinski definition) is 1. The molecule has 0 aliphatic heterocycles. The lowest BCUT2D eigenvalue weighted by atomic mass is 10.1. The number of nitrogens with zero attached hydrogens (tertiary/aromatic N) is 1. The highest BCUT2D eigenvalue weighted by Crippen LogP contribution is 2.23. The molecular weight excluding hydrogens is 331 g/mol. The largest absolute Gasteiger partial charge is 0.380 e. The van der Waals surface area contributed by atoms with Gasteiger partial charge in [-0.25, -0.2) is 4.39 Å². The predicted octanol–water partition coefficient (Wildman–Crippen LogP) is 4.73. The fourth-order valence-electron chi connectivity index (χ4n) is 1.63. The molecule has 19 heavy (non-hydrogen) atoms.